The lowest BCUT2D eigenvalue weighted by atomic mass is 10.1. The van der Waals surface area contributed by atoms with Gasteiger partial charge in [-0.15, -0.1) is 0 Å². The van der Waals surface area contributed by atoms with Crippen LogP contribution in [-0.4, -0.2) is 23.0 Å². The van der Waals surface area contributed by atoms with Crippen molar-refractivity contribution >= 4 is 11.8 Å². The molecule has 1 unspecified atom stereocenters. The number of ether oxygens (including phenoxy) is 1. The van der Waals surface area contributed by atoms with Crippen LogP contribution in [0.3, 0.4) is 0 Å². The second-order valence-electron chi connectivity index (χ2n) is 4.99. The van der Waals surface area contributed by atoms with E-state index in [-0.39, 0.29) is 5.97 Å². The highest BCUT2D eigenvalue weighted by atomic mass is 16.5. The third-order valence-electron chi connectivity index (χ3n) is 3.14. The van der Waals surface area contributed by atoms with Crippen molar-refractivity contribution in [2.75, 3.05) is 12.4 Å². The Hall–Kier alpha value is -2.43. The lowest BCUT2D eigenvalue weighted by Crippen LogP contribution is -2.23. The Kier molecular flexibility index (Phi) is 4.87. The smallest absolute Gasteiger partial charge is 0.333 e. The van der Waals surface area contributed by atoms with Gasteiger partial charge < -0.3 is 10.1 Å². The lowest BCUT2D eigenvalue weighted by molar-refractivity contribution is -0.141. The third-order valence-corrected chi connectivity index (χ3v) is 3.14. The van der Waals surface area contributed by atoms with E-state index >= 15 is 0 Å². The van der Waals surface area contributed by atoms with Crippen molar-refractivity contribution < 1.29 is 9.53 Å². The molecule has 0 radical (unpaired) electrons. The van der Waals surface area contributed by atoms with Gasteiger partial charge in [-0.25, -0.2) is 14.8 Å². The summed E-state index contributed by atoms with van der Waals surface area (Å²) in [7, 11) is 1.37. The summed E-state index contributed by atoms with van der Waals surface area (Å²) < 4.78 is 4.87. The zero-order chi connectivity index (χ0) is 15.2. The van der Waals surface area contributed by atoms with Crippen LogP contribution in [0.25, 0.3) is 0 Å². The number of carbonyl (C=O) groups is 1. The molecule has 5 nitrogen and oxygen atoms in total. The van der Waals surface area contributed by atoms with E-state index in [1.165, 1.54) is 13.4 Å². The minimum absolute atomic E-state index is 0.293. The van der Waals surface area contributed by atoms with E-state index in [1.807, 2.05) is 36.4 Å². The van der Waals surface area contributed by atoms with Crippen LogP contribution in [0.1, 0.15) is 37.1 Å². The molecule has 1 aromatic carbocycles. The van der Waals surface area contributed by atoms with Gasteiger partial charge in [0.05, 0.1) is 7.11 Å². The molecule has 0 spiro atoms. The summed E-state index contributed by atoms with van der Waals surface area (Å²) >= 11 is 0. The Labute approximate surface area is 124 Å². The predicted octanol–water partition coefficient (Wildman–Crippen LogP) is 2.93. The van der Waals surface area contributed by atoms with Crippen LogP contribution in [-0.2, 0) is 9.53 Å². The molecule has 0 amide bonds. The van der Waals surface area contributed by atoms with Crippen LogP contribution in [0.5, 0.6) is 0 Å². The molecule has 1 aromatic heterocycles. The summed E-state index contributed by atoms with van der Waals surface area (Å²) in [6, 6.07) is 10.7. The fourth-order valence-corrected chi connectivity index (χ4v) is 1.96. The molecule has 0 saturated heterocycles. The SMILES string of the molecule is COC(=O)C(Nc1cc(C(C)C)ncn1)c1ccccc1. The highest BCUT2D eigenvalue weighted by molar-refractivity contribution is 5.80. The average molecular weight is 285 g/mol. The molecular formula is C16H19N3O2. The van der Waals surface area contributed by atoms with Gasteiger partial charge in [0.15, 0.2) is 6.04 Å². The number of aromatic nitrogens is 2. The predicted molar refractivity (Wildman–Crippen MR) is 80.9 cm³/mol. The second-order valence-corrected chi connectivity index (χ2v) is 4.99. The number of rotatable bonds is 5. The van der Waals surface area contributed by atoms with Crippen LogP contribution in [0, 0.1) is 0 Å². The van der Waals surface area contributed by atoms with Crippen molar-refractivity contribution in [1.29, 1.82) is 0 Å². The van der Waals surface area contributed by atoms with E-state index in [1.54, 1.807) is 0 Å². The molecule has 1 atom stereocenters. The highest BCUT2D eigenvalue weighted by Crippen LogP contribution is 2.21. The van der Waals surface area contributed by atoms with Gasteiger partial charge in [-0.2, -0.15) is 0 Å². The summed E-state index contributed by atoms with van der Waals surface area (Å²) in [6.45, 7) is 4.11. The Bertz CT molecular complexity index is 599. The van der Waals surface area contributed by atoms with Crippen LogP contribution in [0.15, 0.2) is 42.7 Å². The van der Waals surface area contributed by atoms with Gasteiger partial charge in [-0.3, -0.25) is 0 Å². The molecule has 5 heteroatoms. The molecular weight excluding hydrogens is 266 g/mol. The summed E-state index contributed by atoms with van der Waals surface area (Å²) in [6.07, 6.45) is 1.50. The van der Waals surface area contributed by atoms with Crippen LogP contribution < -0.4 is 5.32 Å². The number of esters is 1. The lowest BCUT2D eigenvalue weighted by Gasteiger charge is -2.18. The average Bonchev–Trinajstić information content (AvgIpc) is 2.53. The molecule has 0 aliphatic heterocycles. The zero-order valence-corrected chi connectivity index (χ0v) is 12.4. The second kappa shape index (κ2) is 6.83. The number of anilines is 1. The number of hydrogen-bond acceptors (Lipinski definition) is 5. The number of nitrogens with one attached hydrogen (secondary N) is 1. The standard InChI is InChI=1S/C16H19N3O2/c1-11(2)13-9-14(18-10-17-13)19-15(16(20)21-3)12-7-5-4-6-8-12/h4-11,15H,1-3H3,(H,17,18,19). The molecule has 1 heterocycles. The largest absolute Gasteiger partial charge is 0.467 e. The Morgan fingerprint density at radius 3 is 2.52 bits per heavy atom. The molecule has 110 valence electrons. The fourth-order valence-electron chi connectivity index (χ4n) is 1.96. The van der Waals surface area contributed by atoms with Gasteiger partial charge >= 0.3 is 5.97 Å². The number of hydrogen-bond donors (Lipinski definition) is 1. The van der Waals surface area contributed by atoms with Crippen molar-refractivity contribution in [2.24, 2.45) is 0 Å². The van der Waals surface area contributed by atoms with Crippen molar-refractivity contribution in [1.82, 2.24) is 9.97 Å². The van der Waals surface area contributed by atoms with Crippen molar-refractivity contribution in [3.8, 4) is 0 Å². The van der Waals surface area contributed by atoms with E-state index in [9.17, 15) is 4.79 Å². The molecule has 21 heavy (non-hydrogen) atoms. The minimum atomic E-state index is -0.592. The molecule has 2 aromatic rings. The van der Waals surface area contributed by atoms with Crippen LogP contribution >= 0.6 is 0 Å². The third kappa shape index (κ3) is 3.78. The Morgan fingerprint density at radius 1 is 1.19 bits per heavy atom. The number of carbonyl (C=O) groups excluding carboxylic acids is 1. The van der Waals surface area contributed by atoms with Gasteiger partial charge in [-0.05, 0) is 11.5 Å². The topological polar surface area (TPSA) is 64.1 Å². The Morgan fingerprint density at radius 2 is 1.90 bits per heavy atom. The van der Waals surface area contributed by atoms with Gasteiger partial charge in [0, 0.05) is 11.8 Å². The normalized spacial score (nSPS) is 12.0. The molecule has 1 N–H and O–H groups in total. The van der Waals surface area contributed by atoms with Crippen molar-refractivity contribution in [3.63, 3.8) is 0 Å². The first-order valence-electron chi connectivity index (χ1n) is 6.83. The first-order chi connectivity index (χ1) is 10.1. The Balaban J connectivity index is 2.27. The minimum Gasteiger partial charge on any atom is -0.467 e. The molecule has 0 bridgehead atoms. The summed E-state index contributed by atoms with van der Waals surface area (Å²) in [5, 5.41) is 3.12. The van der Waals surface area contributed by atoms with Gasteiger partial charge in [0.1, 0.15) is 12.1 Å². The van der Waals surface area contributed by atoms with Crippen LogP contribution in [0.2, 0.25) is 0 Å². The van der Waals surface area contributed by atoms with E-state index < -0.39 is 6.04 Å². The van der Waals surface area contributed by atoms with E-state index in [0.717, 1.165) is 11.3 Å². The van der Waals surface area contributed by atoms with E-state index in [2.05, 4.69) is 29.1 Å². The number of methoxy groups -OCH3 is 1. The highest BCUT2D eigenvalue weighted by Gasteiger charge is 2.21. The van der Waals surface area contributed by atoms with E-state index in [0.29, 0.717) is 11.7 Å². The first kappa shape index (κ1) is 15.0. The van der Waals surface area contributed by atoms with Crippen molar-refractivity contribution in [2.45, 2.75) is 25.8 Å². The first-order valence-corrected chi connectivity index (χ1v) is 6.83. The van der Waals surface area contributed by atoms with Gasteiger partial charge in [0.2, 0.25) is 0 Å². The summed E-state index contributed by atoms with van der Waals surface area (Å²) in [5.74, 6) is 0.542. The number of benzene rings is 1. The summed E-state index contributed by atoms with van der Waals surface area (Å²) in [4.78, 5) is 20.4. The molecule has 2 rings (SSSR count). The monoisotopic (exact) mass is 285 g/mol. The molecule has 0 aliphatic carbocycles. The quantitative estimate of drug-likeness (QED) is 0.856. The maximum absolute atomic E-state index is 12.0. The van der Waals surface area contributed by atoms with Crippen LogP contribution in [0.4, 0.5) is 5.82 Å². The van der Waals surface area contributed by atoms with Crippen molar-refractivity contribution in [3.05, 3.63) is 54.0 Å². The zero-order valence-electron chi connectivity index (χ0n) is 12.4. The van der Waals surface area contributed by atoms with E-state index in [4.69, 9.17) is 4.74 Å². The molecule has 0 fully saturated rings. The molecule has 0 aliphatic rings. The fraction of sp³-hybridized carbons (Fsp3) is 0.312. The maximum Gasteiger partial charge on any atom is 0.333 e. The number of nitrogens with zero attached hydrogens (tertiary/aromatic N) is 2. The molecule has 0 saturated carbocycles. The van der Waals surface area contributed by atoms with Gasteiger partial charge in [-0.1, -0.05) is 44.2 Å². The summed E-state index contributed by atoms with van der Waals surface area (Å²) in [5.41, 5.74) is 1.75. The maximum atomic E-state index is 12.0. The van der Waals surface area contributed by atoms with Gasteiger partial charge in [0.25, 0.3) is 0 Å².